The van der Waals surface area contributed by atoms with Crippen LogP contribution in [0.25, 0.3) is 0 Å². The van der Waals surface area contributed by atoms with Crippen molar-refractivity contribution >= 4 is 17.3 Å². The lowest BCUT2D eigenvalue weighted by molar-refractivity contribution is -0.117. The maximum Gasteiger partial charge on any atom is 0.238 e. The van der Waals surface area contributed by atoms with E-state index in [-0.39, 0.29) is 5.91 Å². The highest BCUT2D eigenvalue weighted by Gasteiger charge is 2.22. The molecule has 6 nitrogen and oxygen atoms in total. The topological polar surface area (TPSA) is 72.3 Å². The first-order valence-corrected chi connectivity index (χ1v) is 9.60. The van der Waals surface area contributed by atoms with E-state index in [1.165, 1.54) is 5.56 Å². The molecular weight excluding hydrogens is 350 g/mol. The Morgan fingerprint density at radius 3 is 2.57 bits per heavy atom. The molecule has 3 rings (SSSR count). The van der Waals surface area contributed by atoms with Gasteiger partial charge in [0.2, 0.25) is 5.91 Å². The van der Waals surface area contributed by atoms with Crippen molar-refractivity contribution in [2.75, 3.05) is 42.9 Å². The SMILES string of the molecule is Cc1cc(N2CCN(CC(=O)Nc3cccc(C)c3C)CC2)c(C#N)c(C)n1. The van der Waals surface area contributed by atoms with E-state index in [9.17, 15) is 10.1 Å². The lowest BCUT2D eigenvalue weighted by Crippen LogP contribution is -2.49. The van der Waals surface area contributed by atoms with Crippen molar-refractivity contribution < 1.29 is 4.79 Å². The van der Waals surface area contributed by atoms with Crippen LogP contribution in [0.5, 0.6) is 0 Å². The molecular formula is C22H27N5O. The quantitative estimate of drug-likeness (QED) is 0.887. The Kier molecular flexibility index (Phi) is 5.96. The molecule has 1 fully saturated rings. The van der Waals surface area contributed by atoms with Gasteiger partial charge in [-0.3, -0.25) is 14.7 Å². The molecule has 1 aliphatic heterocycles. The van der Waals surface area contributed by atoms with Gasteiger partial charge in [-0.05, 0) is 51.0 Å². The Hall–Kier alpha value is -2.91. The molecule has 28 heavy (non-hydrogen) atoms. The number of carbonyl (C=O) groups excluding carboxylic acids is 1. The van der Waals surface area contributed by atoms with E-state index in [0.717, 1.165) is 54.5 Å². The second-order valence-corrected chi connectivity index (χ2v) is 7.41. The number of pyridine rings is 1. The van der Waals surface area contributed by atoms with Gasteiger partial charge in [0.15, 0.2) is 0 Å². The van der Waals surface area contributed by atoms with E-state index < -0.39 is 0 Å². The number of nitrogens with zero attached hydrogens (tertiary/aromatic N) is 4. The number of anilines is 2. The number of nitrogens with one attached hydrogen (secondary N) is 1. The summed E-state index contributed by atoms with van der Waals surface area (Å²) in [6.07, 6.45) is 0. The predicted molar refractivity (Wildman–Crippen MR) is 112 cm³/mol. The lowest BCUT2D eigenvalue weighted by Gasteiger charge is -2.36. The molecule has 1 saturated heterocycles. The first kappa shape index (κ1) is 19.8. The molecule has 0 spiro atoms. The fourth-order valence-corrected chi connectivity index (χ4v) is 3.62. The minimum absolute atomic E-state index is 0.00969. The van der Waals surface area contributed by atoms with Crippen molar-refractivity contribution in [2.24, 2.45) is 0 Å². The van der Waals surface area contributed by atoms with Gasteiger partial charge >= 0.3 is 0 Å². The minimum atomic E-state index is 0.00969. The first-order valence-electron chi connectivity index (χ1n) is 9.60. The summed E-state index contributed by atoms with van der Waals surface area (Å²) < 4.78 is 0. The molecule has 6 heteroatoms. The first-order chi connectivity index (χ1) is 13.4. The second kappa shape index (κ2) is 8.41. The Morgan fingerprint density at radius 1 is 1.18 bits per heavy atom. The van der Waals surface area contributed by atoms with Gasteiger partial charge in [0.1, 0.15) is 6.07 Å². The zero-order valence-electron chi connectivity index (χ0n) is 17.0. The molecule has 0 radical (unpaired) electrons. The molecule has 0 atom stereocenters. The third-order valence-electron chi connectivity index (χ3n) is 5.38. The van der Waals surface area contributed by atoms with Crippen molar-refractivity contribution in [3.05, 3.63) is 52.3 Å². The molecule has 0 bridgehead atoms. The Labute approximate surface area is 166 Å². The fraction of sp³-hybridized carbons (Fsp3) is 0.409. The van der Waals surface area contributed by atoms with E-state index in [0.29, 0.717) is 12.1 Å². The summed E-state index contributed by atoms with van der Waals surface area (Å²) >= 11 is 0. The highest BCUT2D eigenvalue weighted by atomic mass is 16.2. The maximum atomic E-state index is 12.5. The van der Waals surface area contributed by atoms with E-state index in [4.69, 9.17) is 0 Å². The minimum Gasteiger partial charge on any atom is -0.368 e. The highest BCUT2D eigenvalue weighted by Crippen LogP contribution is 2.24. The number of aromatic nitrogens is 1. The van der Waals surface area contributed by atoms with Gasteiger partial charge in [0.25, 0.3) is 0 Å². The molecule has 1 aliphatic rings. The number of piperazine rings is 1. The van der Waals surface area contributed by atoms with Crippen molar-refractivity contribution in [1.29, 1.82) is 5.26 Å². The maximum absolute atomic E-state index is 12.5. The van der Waals surface area contributed by atoms with Crippen LogP contribution in [0.1, 0.15) is 28.1 Å². The van der Waals surface area contributed by atoms with Gasteiger partial charge < -0.3 is 10.2 Å². The number of nitriles is 1. The number of amides is 1. The fourth-order valence-electron chi connectivity index (χ4n) is 3.62. The van der Waals surface area contributed by atoms with E-state index in [1.807, 2.05) is 52.0 Å². The normalized spacial score (nSPS) is 14.6. The Morgan fingerprint density at radius 2 is 1.89 bits per heavy atom. The third-order valence-corrected chi connectivity index (χ3v) is 5.38. The van der Waals surface area contributed by atoms with Crippen LogP contribution in [-0.4, -0.2) is 48.5 Å². The van der Waals surface area contributed by atoms with Crippen LogP contribution in [0, 0.1) is 39.0 Å². The molecule has 1 aromatic carbocycles. The van der Waals surface area contributed by atoms with Crippen LogP contribution in [-0.2, 0) is 4.79 Å². The number of rotatable bonds is 4. The standard InChI is InChI=1S/C22H27N5O/c1-15-6-5-7-20(17(15)3)25-22(28)14-26-8-10-27(11-9-26)21-12-16(2)24-18(4)19(21)13-23/h5-7,12H,8-11,14H2,1-4H3,(H,25,28). The Balaban J connectivity index is 1.60. The summed E-state index contributed by atoms with van der Waals surface area (Å²) in [6, 6.07) is 10.2. The molecule has 2 aromatic rings. The van der Waals surface area contributed by atoms with Crippen molar-refractivity contribution in [3.63, 3.8) is 0 Å². The molecule has 1 aromatic heterocycles. The monoisotopic (exact) mass is 377 g/mol. The predicted octanol–water partition coefficient (Wildman–Crippen LogP) is 2.95. The Bertz CT molecular complexity index is 923. The van der Waals surface area contributed by atoms with Crippen molar-refractivity contribution in [2.45, 2.75) is 27.7 Å². The second-order valence-electron chi connectivity index (χ2n) is 7.41. The van der Waals surface area contributed by atoms with Crippen LogP contribution in [0.4, 0.5) is 11.4 Å². The number of hydrogen-bond acceptors (Lipinski definition) is 5. The highest BCUT2D eigenvalue weighted by molar-refractivity contribution is 5.93. The molecule has 1 amide bonds. The smallest absolute Gasteiger partial charge is 0.238 e. The molecule has 146 valence electrons. The molecule has 0 saturated carbocycles. The van der Waals surface area contributed by atoms with Gasteiger partial charge in [-0.15, -0.1) is 0 Å². The van der Waals surface area contributed by atoms with Gasteiger partial charge in [0.05, 0.1) is 23.5 Å². The van der Waals surface area contributed by atoms with E-state index >= 15 is 0 Å². The average molecular weight is 377 g/mol. The number of benzene rings is 1. The molecule has 0 aliphatic carbocycles. The van der Waals surface area contributed by atoms with Crippen LogP contribution in [0.2, 0.25) is 0 Å². The zero-order chi connectivity index (χ0) is 20.3. The average Bonchev–Trinajstić information content (AvgIpc) is 2.65. The number of hydrogen-bond donors (Lipinski definition) is 1. The summed E-state index contributed by atoms with van der Waals surface area (Å²) in [4.78, 5) is 21.2. The largest absolute Gasteiger partial charge is 0.368 e. The summed E-state index contributed by atoms with van der Waals surface area (Å²) in [5.41, 5.74) is 6.44. The molecule has 1 N–H and O–H groups in total. The van der Waals surface area contributed by atoms with E-state index in [1.54, 1.807) is 0 Å². The van der Waals surface area contributed by atoms with E-state index in [2.05, 4.69) is 26.2 Å². The third kappa shape index (κ3) is 4.32. The molecule has 2 heterocycles. The summed E-state index contributed by atoms with van der Waals surface area (Å²) in [5, 5.41) is 12.5. The van der Waals surface area contributed by atoms with Crippen molar-refractivity contribution in [1.82, 2.24) is 9.88 Å². The van der Waals surface area contributed by atoms with Crippen LogP contribution in [0.15, 0.2) is 24.3 Å². The number of aryl methyl sites for hydroxylation is 3. The van der Waals surface area contributed by atoms with Crippen LogP contribution < -0.4 is 10.2 Å². The molecule has 0 unspecified atom stereocenters. The summed E-state index contributed by atoms with van der Waals surface area (Å²) in [7, 11) is 0. The summed E-state index contributed by atoms with van der Waals surface area (Å²) in [6.45, 7) is 11.4. The number of carbonyl (C=O) groups is 1. The van der Waals surface area contributed by atoms with Crippen LogP contribution in [0.3, 0.4) is 0 Å². The van der Waals surface area contributed by atoms with Gasteiger partial charge in [-0.1, -0.05) is 12.1 Å². The van der Waals surface area contributed by atoms with Crippen LogP contribution >= 0.6 is 0 Å². The summed E-state index contributed by atoms with van der Waals surface area (Å²) in [5.74, 6) is 0.00969. The van der Waals surface area contributed by atoms with Crippen molar-refractivity contribution in [3.8, 4) is 6.07 Å². The zero-order valence-corrected chi connectivity index (χ0v) is 17.0. The van der Waals surface area contributed by atoms with Gasteiger partial charge in [-0.25, -0.2) is 0 Å². The van der Waals surface area contributed by atoms with Gasteiger partial charge in [-0.2, -0.15) is 5.26 Å². The lowest BCUT2D eigenvalue weighted by atomic mass is 10.1. The van der Waals surface area contributed by atoms with Gasteiger partial charge in [0, 0.05) is 37.6 Å².